The molecule has 0 N–H and O–H groups in total. The van der Waals surface area contributed by atoms with E-state index in [1.54, 1.807) is 0 Å². The molecule has 0 radical (unpaired) electrons. The maximum Gasteiger partial charge on any atom is 0.145 e. The number of nitrogens with zero attached hydrogens (tertiary/aromatic N) is 2. The van der Waals surface area contributed by atoms with E-state index >= 15 is 0 Å². The van der Waals surface area contributed by atoms with Gasteiger partial charge in [0.2, 0.25) is 0 Å². The van der Waals surface area contributed by atoms with Crippen molar-refractivity contribution >= 4 is 48.9 Å². The first kappa shape index (κ1) is 22.1. The molecular formula is C35H30N2. The van der Waals surface area contributed by atoms with Gasteiger partial charge in [0.1, 0.15) is 5.65 Å². The van der Waals surface area contributed by atoms with Crippen LogP contribution in [0.25, 0.3) is 60.1 Å². The molecule has 0 amide bonds. The van der Waals surface area contributed by atoms with Gasteiger partial charge >= 0.3 is 0 Å². The van der Waals surface area contributed by atoms with Crippen molar-refractivity contribution in [1.29, 1.82) is 0 Å². The van der Waals surface area contributed by atoms with E-state index in [9.17, 15) is 0 Å². The van der Waals surface area contributed by atoms with Gasteiger partial charge in [0.05, 0.1) is 17.4 Å². The highest BCUT2D eigenvalue weighted by atomic mass is 15.0. The Hall–Kier alpha value is -4.17. The third-order valence-electron chi connectivity index (χ3n) is 7.97. The summed E-state index contributed by atoms with van der Waals surface area (Å²) in [6.45, 7) is 9.17. The lowest BCUT2D eigenvalue weighted by Crippen LogP contribution is -2.03. The molecule has 0 fully saturated rings. The van der Waals surface area contributed by atoms with Crippen LogP contribution in [-0.4, -0.2) is 9.38 Å². The van der Waals surface area contributed by atoms with Crippen molar-refractivity contribution in [3.8, 4) is 11.3 Å². The van der Waals surface area contributed by atoms with Crippen molar-refractivity contribution in [3.63, 3.8) is 0 Å². The highest BCUT2D eigenvalue weighted by Gasteiger charge is 2.22. The minimum atomic E-state index is 0.409. The first-order valence-electron chi connectivity index (χ1n) is 13.3. The number of rotatable bonds is 3. The lowest BCUT2D eigenvalue weighted by Gasteiger charge is -2.21. The zero-order valence-electron chi connectivity index (χ0n) is 21.8. The SMILES string of the molecule is CC(C)c1cccc(C(C)C)c1-c1cnc2c3ccccc3c3ccc4c5ccccc5ccc4c3n12. The quantitative estimate of drug-likeness (QED) is 0.231. The number of hydrogen-bond acceptors (Lipinski definition) is 1. The molecule has 7 rings (SSSR count). The molecule has 0 spiro atoms. The minimum absolute atomic E-state index is 0.409. The third kappa shape index (κ3) is 3.15. The average Bonchev–Trinajstić information content (AvgIpc) is 3.37. The Morgan fingerprint density at radius 3 is 1.81 bits per heavy atom. The van der Waals surface area contributed by atoms with Crippen LogP contribution in [0, 0.1) is 0 Å². The first-order valence-corrected chi connectivity index (χ1v) is 13.3. The van der Waals surface area contributed by atoms with Crippen molar-refractivity contribution in [3.05, 3.63) is 108 Å². The van der Waals surface area contributed by atoms with Gasteiger partial charge < -0.3 is 0 Å². The molecule has 0 aliphatic heterocycles. The Morgan fingerprint density at radius 2 is 1.11 bits per heavy atom. The molecule has 180 valence electrons. The maximum atomic E-state index is 5.11. The van der Waals surface area contributed by atoms with Gasteiger partial charge in [-0.1, -0.05) is 119 Å². The van der Waals surface area contributed by atoms with Crippen LogP contribution in [0.15, 0.2) is 97.2 Å². The summed E-state index contributed by atoms with van der Waals surface area (Å²) in [4.78, 5) is 5.11. The number of benzene rings is 5. The summed E-state index contributed by atoms with van der Waals surface area (Å²) in [5.74, 6) is 0.818. The molecule has 2 heterocycles. The zero-order chi connectivity index (χ0) is 25.3. The summed E-state index contributed by atoms with van der Waals surface area (Å²) in [6.07, 6.45) is 2.11. The van der Waals surface area contributed by atoms with Crippen molar-refractivity contribution in [1.82, 2.24) is 9.38 Å². The summed E-state index contributed by atoms with van der Waals surface area (Å²) in [7, 11) is 0. The fourth-order valence-corrected chi connectivity index (χ4v) is 6.23. The highest BCUT2D eigenvalue weighted by Crippen LogP contribution is 2.41. The number of hydrogen-bond donors (Lipinski definition) is 0. The molecule has 2 aromatic heterocycles. The highest BCUT2D eigenvalue weighted by molar-refractivity contribution is 6.23. The Morgan fingerprint density at radius 1 is 0.541 bits per heavy atom. The second-order valence-electron chi connectivity index (χ2n) is 10.8. The van der Waals surface area contributed by atoms with Crippen molar-refractivity contribution < 1.29 is 0 Å². The smallest absolute Gasteiger partial charge is 0.145 e. The van der Waals surface area contributed by atoms with Crippen LogP contribution in [0.4, 0.5) is 0 Å². The van der Waals surface area contributed by atoms with E-state index in [-0.39, 0.29) is 0 Å². The van der Waals surface area contributed by atoms with E-state index < -0.39 is 0 Å². The molecule has 0 saturated carbocycles. The van der Waals surface area contributed by atoms with Gasteiger partial charge in [-0.15, -0.1) is 0 Å². The molecule has 2 heteroatoms. The second-order valence-corrected chi connectivity index (χ2v) is 10.8. The van der Waals surface area contributed by atoms with Gasteiger partial charge in [0.25, 0.3) is 0 Å². The topological polar surface area (TPSA) is 17.3 Å². The molecule has 0 bridgehead atoms. The lowest BCUT2D eigenvalue weighted by molar-refractivity contribution is 0.836. The molecule has 5 aromatic carbocycles. The van der Waals surface area contributed by atoms with Gasteiger partial charge in [0, 0.05) is 21.7 Å². The standard InChI is InChI=1S/C35H30N2/c1-21(2)24-14-9-15-25(22(3)4)33(24)32-20-36-35-31-13-8-7-12-27(31)30-19-18-28-26-11-6-5-10-23(26)16-17-29(28)34(30)37(32)35/h5-22H,1-4H3. The maximum absolute atomic E-state index is 5.11. The predicted molar refractivity (Wildman–Crippen MR) is 159 cm³/mol. The Labute approximate surface area is 217 Å². The summed E-state index contributed by atoms with van der Waals surface area (Å²) in [6, 6.07) is 33.4. The molecular weight excluding hydrogens is 448 g/mol. The molecule has 0 unspecified atom stereocenters. The second kappa shape index (κ2) is 8.18. The van der Waals surface area contributed by atoms with Crippen LogP contribution in [0.1, 0.15) is 50.7 Å². The molecule has 0 aliphatic rings. The summed E-state index contributed by atoms with van der Waals surface area (Å²) in [5.41, 5.74) is 7.51. The molecule has 7 aromatic rings. The predicted octanol–water partition coefficient (Wildman–Crippen LogP) is 9.86. The van der Waals surface area contributed by atoms with Crippen molar-refractivity contribution in [2.24, 2.45) is 0 Å². The number of pyridine rings is 1. The molecule has 0 aliphatic carbocycles. The first-order chi connectivity index (χ1) is 18.0. The van der Waals surface area contributed by atoms with E-state index in [4.69, 9.17) is 4.98 Å². The molecule has 0 atom stereocenters. The Balaban J connectivity index is 1.76. The van der Waals surface area contributed by atoms with Gasteiger partial charge in [-0.2, -0.15) is 0 Å². The van der Waals surface area contributed by atoms with E-state index in [2.05, 4.69) is 129 Å². The van der Waals surface area contributed by atoms with Crippen molar-refractivity contribution in [2.75, 3.05) is 0 Å². The van der Waals surface area contributed by atoms with E-state index in [0.717, 1.165) is 5.65 Å². The summed E-state index contributed by atoms with van der Waals surface area (Å²) in [5, 5.41) is 8.80. The van der Waals surface area contributed by atoms with E-state index in [1.165, 1.54) is 65.6 Å². The van der Waals surface area contributed by atoms with Gasteiger partial charge in [-0.05, 0) is 44.5 Å². The summed E-state index contributed by atoms with van der Waals surface area (Å²) < 4.78 is 2.45. The van der Waals surface area contributed by atoms with Crippen LogP contribution in [0.3, 0.4) is 0 Å². The number of fused-ring (bicyclic) bond motifs is 10. The fraction of sp³-hybridized carbons (Fsp3) is 0.171. The van der Waals surface area contributed by atoms with E-state index in [0.29, 0.717) is 11.8 Å². The third-order valence-corrected chi connectivity index (χ3v) is 7.97. The lowest BCUT2D eigenvalue weighted by atomic mass is 9.87. The van der Waals surface area contributed by atoms with Crippen LogP contribution < -0.4 is 0 Å². The van der Waals surface area contributed by atoms with Gasteiger partial charge in [-0.25, -0.2) is 4.98 Å². The van der Waals surface area contributed by atoms with E-state index in [1.807, 2.05) is 0 Å². The van der Waals surface area contributed by atoms with Crippen LogP contribution in [0.5, 0.6) is 0 Å². The van der Waals surface area contributed by atoms with Crippen LogP contribution in [0.2, 0.25) is 0 Å². The van der Waals surface area contributed by atoms with Crippen LogP contribution in [-0.2, 0) is 0 Å². The molecule has 0 saturated heterocycles. The van der Waals surface area contributed by atoms with Gasteiger partial charge in [-0.3, -0.25) is 4.40 Å². The van der Waals surface area contributed by atoms with Crippen molar-refractivity contribution in [2.45, 2.75) is 39.5 Å². The number of aromatic nitrogens is 2. The minimum Gasteiger partial charge on any atom is -0.291 e. The normalized spacial score (nSPS) is 12.3. The molecule has 2 nitrogen and oxygen atoms in total. The Kier molecular flexibility index (Phi) is 4.87. The van der Waals surface area contributed by atoms with Gasteiger partial charge in [0.15, 0.2) is 0 Å². The average molecular weight is 479 g/mol. The summed E-state index contributed by atoms with van der Waals surface area (Å²) >= 11 is 0. The van der Waals surface area contributed by atoms with Crippen LogP contribution >= 0.6 is 0 Å². The number of imidazole rings is 1. The monoisotopic (exact) mass is 478 g/mol. The molecule has 37 heavy (non-hydrogen) atoms. The largest absolute Gasteiger partial charge is 0.291 e. The fourth-order valence-electron chi connectivity index (χ4n) is 6.23. The zero-order valence-corrected chi connectivity index (χ0v) is 21.8. The Bertz CT molecular complexity index is 1960.